The molecule has 0 bridgehead atoms. The van der Waals surface area contributed by atoms with E-state index >= 15 is 0 Å². The van der Waals surface area contributed by atoms with Crippen LogP contribution in [0.15, 0.2) is 69.6 Å². The number of carboxylic acid groups (broad SMARTS) is 1. The van der Waals surface area contributed by atoms with E-state index in [2.05, 4.69) is 25.6 Å². The molecule has 0 saturated carbocycles. The van der Waals surface area contributed by atoms with E-state index in [1.165, 1.54) is 16.8 Å². The number of nitrogens with two attached hydrogens (primary N) is 1. The number of rotatable bonds is 17. The first kappa shape index (κ1) is 42.7. The third-order valence-electron chi connectivity index (χ3n) is 7.21. The minimum absolute atomic E-state index is 0.0638. The van der Waals surface area contributed by atoms with Gasteiger partial charge in [-0.2, -0.15) is 0 Å². The van der Waals surface area contributed by atoms with E-state index < -0.39 is 50.1 Å². The Balaban J connectivity index is 0.000000249. The number of thiazole rings is 2. The number of nitrogens with one attached hydrogen (secondary N) is 1. The second kappa shape index (κ2) is 21.8. The normalized spacial score (nSPS) is 13.6. The number of nitrogens with zero attached hydrogens (tertiary/aromatic N) is 4. The lowest BCUT2D eigenvalue weighted by Gasteiger charge is -2.27. The van der Waals surface area contributed by atoms with Gasteiger partial charge in [-0.15, -0.1) is 22.7 Å². The van der Waals surface area contributed by atoms with Gasteiger partial charge in [-0.1, -0.05) is 52.8 Å². The van der Waals surface area contributed by atoms with Gasteiger partial charge in [-0.05, 0) is 30.5 Å². The van der Waals surface area contributed by atoms with Gasteiger partial charge in [0.2, 0.25) is 5.71 Å². The number of nitrogen functional groups attached to an aromatic ring is 1. The molecule has 2 aromatic heterocycles. The number of fused-ring (bicyclic) bond motifs is 1. The predicted molar refractivity (Wildman–Crippen MR) is 202 cm³/mol. The fraction of sp³-hybridized carbons (Fsp3) is 0.294. The van der Waals surface area contributed by atoms with E-state index in [4.69, 9.17) is 29.5 Å². The number of anilines is 2. The van der Waals surface area contributed by atoms with Crippen LogP contribution in [0.5, 0.6) is 5.75 Å². The highest BCUT2D eigenvalue weighted by molar-refractivity contribution is 7.14. The molecule has 0 saturated heterocycles. The summed E-state index contributed by atoms with van der Waals surface area (Å²) in [6.45, 7) is -0.284. The van der Waals surface area contributed by atoms with Crippen molar-refractivity contribution in [3.63, 3.8) is 0 Å². The molecule has 0 spiro atoms. The van der Waals surface area contributed by atoms with Crippen LogP contribution < -0.4 is 15.7 Å². The van der Waals surface area contributed by atoms with Crippen LogP contribution in [0.2, 0.25) is 5.82 Å². The number of alkyl halides is 2. The van der Waals surface area contributed by atoms with Gasteiger partial charge in [0.1, 0.15) is 50.3 Å². The van der Waals surface area contributed by atoms with E-state index in [1.54, 1.807) is 19.1 Å². The van der Waals surface area contributed by atoms with Crippen LogP contribution in [0.4, 0.5) is 23.8 Å². The molecule has 5 N–H and O–H groups in total. The number of hydrogen-bond acceptors (Lipinski definition) is 17. The molecule has 3 heterocycles. The van der Waals surface area contributed by atoms with Crippen molar-refractivity contribution in [2.75, 3.05) is 44.2 Å². The maximum Gasteiger partial charge on any atom is 0.526 e. The number of ether oxygens (including phenoxy) is 2. The lowest BCUT2D eigenvalue weighted by molar-refractivity contribution is -0.135. The van der Waals surface area contributed by atoms with Crippen molar-refractivity contribution in [3.05, 3.63) is 87.4 Å². The SMILES string of the molecule is CCOC(=O)/C(=N\OCCF)c1csc(NC(=O)OCc2ccccc2)n1.Nc1nc(/C(=N/OCCF)C(=O)C[C@H]2Cc3cccc(C(=O)O)c3OB2O)cs1. The van der Waals surface area contributed by atoms with E-state index in [-0.39, 0.29) is 83.7 Å². The summed E-state index contributed by atoms with van der Waals surface area (Å²) >= 11 is 2.17. The molecular formula is C34H35BF2N6O11S2. The number of halogens is 2. The summed E-state index contributed by atoms with van der Waals surface area (Å²) in [5, 5.41) is 32.7. The highest BCUT2D eigenvalue weighted by Gasteiger charge is 2.39. The Morgan fingerprint density at radius 1 is 0.964 bits per heavy atom. The van der Waals surface area contributed by atoms with E-state index in [0.717, 1.165) is 28.2 Å². The number of ketones is 1. The number of hydrogen-bond donors (Lipinski definition) is 4. The lowest BCUT2D eigenvalue weighted by atomic mass is 9.64. The third-order valence-corrected chi connectivity index (χ3v) is 8.64. The molecule has 56 heavy (non-hydrogen) atoms. The molecule has 2 aromatic carbocycles. The summed E-state index contributed by atoms with van der Waals surface area (Å²) in [6.07, 6.45) is -0.642. The number of oxime groups is 2. The van der Waals surface area contributed by atoms with Gasteiger partial charge in [0.05, 0.1) is 12.2 Å². The number of carbonyl (C=O) groups excluding carboxylic acids is 3. The number of para-hydroxylation sites is 1. The molecule has 1 aliphatic heterocycles. The molecule has 1 atom stereocenters. The summed E-state index contributed by atoms with van der Waals surface area (Å²) in [5.74, 6) is -3.01. The Kier molecular flexibility index (Phi) is 16.6. The largest absolute Gasteiger partial charge is 0.535 e. The number of benzene rings is 2. The lowest BCUT2D eigenvalue weighted by Crippen LogP contribution is -2.37. The van der Waals surface area contributed by atoms with Crippen molar-refractivity contribution in [1.82, 2.24) is 9.97 Å². The van der Waals surface area contributed by atoms with Gasteiger partial charge in [0.25, 0.3) is 0 Å². The minimum Gasteiger partial charge on any atom is -0.535 e. The average molecular weight is 817 g/mol. The average Bonchev–Trinajstić information content (AvgIpc) is 3.83. The number of aromatic carboxylic acids is 1. The van der Waals surface area contributed by atoms with Gasteiger partial charge >= 0.3 is 25.2 Å². The predicted octanol–water partition coefficient (Wildman–Crippen LogP) is 4.70. The highest BCUT2D eigenvalue weighted by Crippen LogP contribution is 2.36. The first-order valence-corrected chi connectivity index (χ1v) is 18.4. The summed E-state index contributed by atoms with van der Waals surface area (Å²) in [7, 11) is -1.39. The van der Waals surface area contributed by atoms with Gasteiger partial charge < -0.3 is 39.7 Å². The smallest absolute Gasteiger partial charge is 0.526 e. The van der Waals surface area contributed by atoms with Crippen LogP contribution in [-0.2, 0) is 41.8 Å². The molecule has 5 rings (SSSR count). The topological polar surface area (TPSA) is 243 Å². The zero-order valence-corrected chi connectivity index (χ0v) is 31.2. The number of carboxylic acids is 1. The van der Waals surface area contributed by atoms with E-state index in [9.17, 15) is 38.1 Å². The van der Waals surface area contributed by atoms with Gasteiger partial charge in [0, 0.05) is 23.0 Å². The third kappa shape index (κ3) is 12.5. The highest BCUT2D eigenvalue weighted by atomic mass is 32.1. The number of amides is 1. The second-order valence-corrected chi connectivity index (χ2v) is 12.9. The van der Waals surface area contributed by atoms with Gasteiger partial charge in [0.15, 0.2) is 21.8 Å². The first-order valence-electron chi connectivity index (χ1n) is 16.6. The Labute approximate surface area is 326 Å². The fourth-order valence-electron chi connectivity index (χ4n) is 4.76. The summed E-state index contributed by atoms with van der Waals surface area (Å²) in [6, 6.07) is 13.8. The molecule has 1 aliphatic rings. The monoisotopic (exact) mass is 816 g/mol. The first-order chi connectivity index (χ1) is 27.0. The van der Waals surface area contributed by atoms with Gasteiger partial charge in [-0.3, -0.25) is 10.1 Å². The van der Waals surface area contributed by atoms with Crippen LogP contribution in [0, 0.1) is 0 Å². The molecule has 0 unspecified atom stereocenters. The Morgan fingerprint density at radius 3 is 2.29 bits per heavy atom. The minimum atomic E-state index is -1.39. The maximum absolute atomic E-state index is 12.8. The van der Waals surface area contributed by atoms with Crippen molar-refractivity contribution in [1.29, 1.82) is 0 Å². The molecule has 0 fully saturated rings. The Bertz CT molecular complexity index is 2020. The Morgan fingerprint density at radius 2 is 1.64 bits per heavy atom. The molecule has 1 amide bonds. The van der Waals surface area contributed by atoms with Crippen LogP contribution in [0.1, 0.15) is 46.2 Å². The van der Waals surface area contributed by atoms with Gasteiger partial charge in [-0.25, -0.2) is 33.1 Å². The second-order valence-electron chi connectivity index (χ2n) is 11.1. The Hall–Kier alpha value is -6.00. The van der Waals surface area contributed by atoms with E-state index in [1.807, 2.05) is 30.3 Å². The van der Waals surface area contributed by atoms with Crippen molar-refractivity contribution >= 4 is 75.3 Å². The van der Waals surface area contributed by atoms with Crippen molar-refractivity contribution in [3.8, 4) is 5.75 Å². The standard InChI is InChI=1S/C17H17BFN3O6S.C17H18FN3O5S/c19-4-5-27-22-14(12-8-29-17(20)21-12)13(23)7-10-6-9-2-1-3-11(16(24)25)15(9)28-18(10)26;1-2-24-15(22)14(21-26-9-8-18)13-11-27-16(19-13)20-17(23)25-10-12-6-4-3-5-7-12/h1-3,8,10,26H,4-7H2,(H2,20,21)(H,24,25);3-7,11H,2,8-10H2,1H3,(H,19,20,23)/b22-14-;21-14-/t10-;/m1./s1. The molecule has 17 nitrogen and oxygen atoms in total. The quantitative estimate of drug-likeness (QED) is 0.0371. The molecule has 296 valence electrons. The number of esters is 1. The van der Waals surface area contributed by atoms with Crippen molar-refractivity contribution < 1.29 is 61.9 Å². The van der Waals surface area contributed by atoms with Crippen molar-refractivity contribution in [2.45, 2.75) is 32.2 Å². The summed E-state index contributed by atoms with van der Waals surface area (Å²) in [4.78, 5) is 65.5. The van der Waals surface area contributed by atoms with Crippen LogP contribution in [0.25, 0.3) is 0 Å². The zero-order valence-electron chi connectivity index (χ0n) is 29.6. The number of aromatic nitrogens is 2. The number of carbonyl (C=O) groups is 4. The maximum atomic E-state index is 12.8. The van der Waals surface area contributed by atoms with Crippen molar-refractivity contribution in [2.24, 2.45) is 10.3 Å². The molecule has 0 aliphatic carbocycles. The van der Waals surface area contributed by atoms with Crippen LogP contribution in [0.3, 0.4) is 0 Å². The zero-order chi connectivity index (χ0) is 40.5. The molecular weight excluding hydrogens is 781 g/mol. The number of Topliss-reactive ketones (excluding diaryl/α,β-unsaturated/α-hetero) is 1. The van der Waals surface area contributed by atoms with Crippen LogP contribution in [-0.4, -0.2) is 95.6 Å². The molecule has 22 heteroatoms. The van der Waals surface area contributed by atoms with Crippen LogP contribution >= 0.6 is 22.7 Å². The summed E-state index contributed by atoms with van der Waals surface area (Å²) < 4.78 is 39.8. The van der Waals surface area contributed by atoms with E-state index in [0.29, 0.717) is 5.56 Å². The fourth-order valence-corrected chi connectivity index (χ4v) is 5.99. The molecule has 4 aromatic rings. The molecule has 0 radical (unpaired) electrons. The summed E-state index contributed by atoms with van der Waals surface area (Å²) in [5.41, 5.74) is 6.92.